The Balaban J connectivity index is 1.11. The van der Waals surface area contributed by atoms with Crippen LogP contribution in [0.4, 0.5) is 11.4 Å². The fourth-order valence-corrected chi connectivity index (χ4v) is 9.58. The first-order chi connectivity index (χ1) is 25.3. The lowest BCUT2D eigenvalue weighted by Crippen LogP contribution is -2.26. The van der Waals surface area contributed by atoms with Crippen LogP contribution in [0.2, 0.25) is 0 Å². The molecule has 7 aromatic carbocycles. The van der Waals surface area contributed by atoms with E-state index in [2.05, 4.69) is 198 Å². The van der Waals surface area contributed by atoms with Crippen LogP contribution in [0, 0.1) is 0 Å². The van der Waals surface area contributed by atoms with E-state index in [-0.39, 0.29) is 11.5 Å². The van der Waals surface area contributed by atoms with Gasteiger partial charge < -0.3 is 9.47 Å². The summed E-state index contributed by atoms with van der Waals surface area (Å²) in [5.74, 6) is 0. The summed E-state index contributed by atoms with van der Waals surface area (Å²) >= 11 is 0. The van der Waals surface area contributed by atoms with E-state index in [0.29, 0.717) is 0 Å². The molecule has 0 radical (unpaired) electrons. The summed E-state index contributed by atoms with van der Waals surface area (Å²) in [6, 6.07) is 62.9. The van der Waals surface area contributed by atoms with E-state index in [9.17, 15) is 0 Å². The molecule has 51 heavy (non-hydrogen) atoms. The Kier molecular flexibility index (Phi) is 6.03. The lowest BCUT2D eigenvalue weighted by molar-refractivity contribution is 0.643. The molecule has 2 nitrogen and oxygen atoms in total. The van der Waals surface area contributed by atoms with E-state index in [4.69, 9.17) is 0 Å². The predicted molar refractivity (Wildman–Crippen MR) is 212 cm³/mol. The molecule has 1 atom stereocenters. The third-order valence-electron chi connectivity index (χ3n) is 11.5. The molecule has 0 bridgehead atoms. The summed E-state index contributed by atoms with van der Waals surface area (Å²) in [4.78, 5) is 2.49. The minimum Gasteiger partial charge on any atom is -0.333 e. The first kappa shape index (κ1) is 28.5. The molecule has 1 spiro atoms. The average Bonchev–Trinajstić information content (AvgIpc) is 3.81. The molecule has 0 saturated heterocycles. The minimum absolute atomic E-state index is 0.216. The zero-order chi connectivity index (χ0) is 33.5. The highest BCUT2D eigenvalue weighted by Crippen LogP contribution is 2.64. The fraction of sp³-hybridized carbons (Fsp3) is 0.0612. The number of hydrogen-bond donors (Lipinski definition) is 0. The van der Waals surface area contributed by atoms with Gasteiger partial charge in [0, 0.05) is 38.8 Å². The number of allylic oxidation sites excluding steroid dienone is 3. The third kappa shape index (κ3) is 3.82. The minimum atomic E-state index is -0.379. The molecule has 0 amide bonds. The monoisotopic (exact) mass is 650 g/mol. The molecular weight excluding hydrogens is 617 g/mol. The third-order valence-corrected chi connectivity index (χ3v) is 11.5. The van der Waals surface area contributed by atoms with Gasteiger partial charge in [0.2, 0.25) is 0 Å². The number of aromatic nitrogens is 1. The van der Waals surface area contributed by atoms with Gasteiger partial charge in [0.1, 0.15) is 0 Å². The van der Waals surface area contributed by atoms with Gasteiger partial charge in [-0.1, -0.05) is 152 Å². The van der Waals surface area contributed by atoms with Gasteiger partial charge in [0.05, 0.1) is 17.1 Å². The van der Waals surface area contributed by atoms with Gasteiger partial charge in [-0.05, 0) is 81.8 Å². The molecule has 0 N–H and O–H groups in total. The van der Waals surface area contributed by atoms with E-state index in [1.807, 2.05) is 0 Å². The van der Waals surface area contributed by atoms with Gasteiger partial charge in [0.15, 0.2) is 0 Å². The maximum Gasteiger partial charge on any atom is 0.0726 e. The van der Waals surface area contributed by atoms with E-state index >= 15 is 0 Å². The SMILES string of the molecule is C1=CC(n2c3ccccc3c3ccccc32)CC=C1N(c1ccccc1)c1cccc2c1-c1ccccc1C21c2ccccc2-c2ccccc21. The van der Waals surface area contributed by atoms with Crippen LogP contribution in [0.25, 0.3) is 44.1 Å². The summed E-state index contributed by atoms with van der Waals surface area (Å²) < 4.78 is 2.52. The highest BCUT2D eigenvalue weighted by Gasteiger charge is 2.52. The smallest absolute Gasteiger partial charge is 0.0726 e. The van der Waals surface area contributed by atoms with Crippen LogP contribution in [0.1, 0.15) is 34.7 Å². The van der Waals surface area contributed by atoms with Crippen molar-refractivity contribution in [1.82, 2.24) is 4.57 Å². The van der Waals surface area contributed by atoms with Crippen LogP contribution in [-0.2, 0) is 5.41 Å². The van der Waals surface area contributed by atoms with Crippen LogP contribution in [0.15, 0.2) is 194 Å². The number of benzene rings is 7. The van der Waals surface area contributed by atoms with Crippen molar-refractivity contribution in [1.29, 1.82) is 0 Å². The number of nitrogens with zero attached hydrogens (tertiary/aromatic N) is 2. The van der Waals surface area contributed by atoms with Crippen molar-refractivity contribution in [2.75, 3.05) is 4.90 Å². The number of hydrogen-bond acceptors (Lipinski definition) is 1. The molecule has 2 heteroatoms. The molecule has 8 aromatic rings. The topological polar surface area (TPSA) is 8.17 Å². The van der Waals surface area contributed by atoms with Crippen molar-refractivity contribution >= 4 is 33.2 Å². The van der Waals surface area contributed by atoms with Gasteiger partial charge in [-0.2, -0.15) is 0 Å². The molecule has 3 aliphatic rings. The van der Waals surface area contributed by atoms with Crippen molar-refractivity contribution in [2.45, 2.75) is 17.9 Å². The fourth-order valence-electron chi connectivity index (χ4n) is 9.58. The molecule has 240 valence electrons. The van der Waals surface area contributed by atoms with Crippen LogP contribution in [-0.4, -0.2) is 4.57 Å². The van der Waals surface area contributed by atoms with Crippen molar-refractivity contribution in [3.63, 3.8) is 0 Å². The molecule has 0 aliphatic heterocycles. The largest absolute Gasteiger partial charge is 0.333 e. The molecule has 0 fully saturated rings. The lowest BCUT2D eigenvalue weighted by Gasteiger charge is -2.33. The van der Waals surface area contributed by atoms with Gasteiger partial charge in [-0.25, -0.2) is 0 Å². The zero-order valence-electron chi connectivity index (χ0n) is 28.1. The van der Waals surface area contributed by atoms with Crippen LogP contribution in [0.5, 0.6) is 0 Å². The van der Waals surface area contributed by atoms with Gasteiger partial charge in [-0.15, -0.1) is 0 Å². The molecule has 3 aliphatic carbocycles. The second-order valence-corrected chi connectivity index (χ2v) is 14.0. The number of fused-ring (bicyclic) bond motifs is 13. The lowest BCUT2D eigenvalue weighted by atomic mass is 9.70. The summed E-state index contributed by atoms with van der Waals surface area (Å²) in [6.45, 7) is 0. The van der Waals surface area contributed by atoms with Gasteiger partial charge >= 0.3 is 0 Å². The van der Waals surface area contributed by atoms with E-state index in [0.717, 1.165) is 12.1 Å². The first-order valence-electron chi connectivity index (χ1n) is 18.0. The normalized spacial score (nSPS) is 16.2. The molecule has 1 aromatic heterocycles. The molecule has 1 unspecified atom stereocenters. The van der Waals surface area contributed by atoms with Crippen LogP contribution < -0.4 is 4.90 Å². The molecular formula is C49H34N2. The van der Waals surface area contributed by atoms with Gasteiger partial charge in [0.25, 0.3) is 0 Å². The molecule has 11 rings (SSSR count). The highest BCUT2D eigenvalue weighted by atomic mass is 15.2. The number of para-hydroxylation sites is 3. The Labute approximate surface area is 297 Å². The highest BCUT2D eigenvalue weighted by molar-refractivity contribution is 6.08. The standard InChI is InChI=1S/C49H34N2/c1-2-15-33(16-3-1)50(34-29-31-35(32-30-34)51-45-26-12-7-19-38(45)39-20-8-13-27-46(39)51)47-28-14-25-44-48(47)40-21-6-11-24-43(40)49(44)41-22-9-4-17-36(41)37-18-5-10-23-42(37)49/h1-31,35H,32H2. The Morgan fingerprint density at radius 1 is 0.490 bits per heavy atom. The second-order valence-electron chi connectivity index (χ2n) is 14.0. The van der Waals surface area contributed by atoms with Crippen LogP contribution >= 0.6 is 0 Å². The number of anilines is 2. The Morgan fingerprint density at radius 3 is 1.65 bits per heavy atom. The van der Waals surface area contributed by atoms with Crippen molar-refractivity contribution in [3.8, 4) is 22.3 Å². The molecule has 0 saturated carbocycles. The maximum atomic E-state index is 2.52. The first-order valence-corrected chi connectivity index (χ1v) is 18.0. The number of rotatable bonds is 4. The maximum absolute atomic E-state index is 2.52. The second kappa shape index (κ2) is 10.8. The molecule has 1 heterocycles. The summed E-state index contributed by atoms with van der Waals surface area (Å²) in [6.07, 6.45) is 8.10. The summed E-state index contributed by atoms with van der Waals surface area (Å²) in [7, 11) is 0. The van der Waals surface area contributed by atoms with E-state index in [1.165, 1.54) is 77.7 Å². The Bertz CT molecular complexity index is 2650. The summed E-state index contributed by atoms with van der Waals surface area (Å²) in [5, 5.41) is 2.62. The van der Waals surface area contributed by atoms with Crippen molar-refractivity contribution < 1.29 is 0 Å². The van der Waals surface area contributed by atoms with E-state index < -0.39 is 0 Å². The quantitative estimate of drug-likeness (QED) is 0.184. The summed E-state index contributed by atoms with van der Waals surface area (Å²) in [5.41, 5.74) is 16.5. The van der Waals surface area contributed by atoms with Gasteiger partial charge in [-0.3, -0.25) is 0 Å². The van der Waals surface area contributed by atoms with Crippen LogP contribution in [0.3, 0.4) is 0 Å². The van der Waals surface area contributed by atoms with Crippen molar-refractivity contribution in [3.05, 3.63) is 216 Å². The van der Waals surface area contributed by atoms with E-state index in [1.54, 1.807) is 0 Å². The van der Waals surface area contributed by atoms with Crippen molar-refractivity contribution in [2.24, 2.45) is 0 Å². The average molecular weight is 651 g/mol. The Morgan fingerprint density at radius 2 is 1.02 bits per heavy atom. The zero-order valence-corrected chi connectivity index (χ0v) is 28.1. The Hall–Kier alpha value is -6.38. The predicted octanol–water partition coefficient (Wildman–Crippen LogP) is 12.4.